The fourth-order valence-corrected chi connectivity index (χ4v) is 3.71. The molecule has 2 atom stereocenters. The molecule has 2 N–H and O–H groups in total. The third-order valence-electron chi connectivity index (χ3n) is 5.13. The van der Waals surface area contributed by atoms with Gasteiger partial charge in [-0.15, -0.1) is 0 Å². The van der Waals surface area contributed by atoms with Crippen LogP contribution in [-0.4, -0.2) is 18.4 Å². The molecule has 2 aliphatic heterocycles. The fourth-order valence-electron chi connectivity index (χ4n) is 3.71. The van der Waals surface area contributed by atoms with Crippen molar-refractivity contribution in [1.29, 1.82) is 0 Å². The van der Waals surface area contributed by atoms with E-state index in [2.05, 4.69) is 10.6 Å². The molecule has 5 heteroatoms. The fraction of sp³-hybridized carbons (Fsp3) is 0.333. The summed E-state index contributed by atoms with van der Waals surface area (Å²) < 4.78 is 5.63. The molecule has 0 radical (unpaired) electrons. The maximum Gasteiger partial charge on any atom is 0.227 e. The van der Waals surface area contributed by atoms with E-state index >= 15 is 0 Å². The normalized spacial score (nSPS) is 21.0. The van der Waals surface area contributed by atoms with Crippen molar-refractivity contribution >= 4 is 17.5 Å². The van der Waals surface area contributed by atoms with Gasteiger partial charge in [-0.3, -0.25) is 9.59 Å². The minimum atomic E-state index is -0.155. The molecule has 134 valence electrons. The molecule has 0 bridgehead atoms. The molecule has 0 saturated carbocycles. The van der Waals surface area contributed by atoms with Crippen molar-refractivity contribution in [1.82, 2.24) is 5.32 Å². The van der Waals surface area contributed by atoms with Crippen molar-refractivity contribution < 1.29 is 14.3 Å². The lowest BCUT2D eigenvalue weighted by Crippen LogP contribution is -2.34. The zero-order chi connectivity index (χ0) is 17.9. The van der Waals surface area contributed by atoms with Crippen molar-refractivity contribution in [2.45, 2.75) is 31.7 Å². The summed E-state index contributed by atoms with van der Waals surface area (Å²) in [6.07, 6.45) is 2.35. The average Bonchev–Trinajstić information content (AvgIpc) is 2.66. The highest BCUT2D eigenvalue weighted by Crippen LogP contribution is 2.32. The quantitative estimate of drug-likeness (QED) is 0.890. The van der Waals surface area contributed by atoms with Gasteiger partial charge in [0.1, 0.15) is 5.75 Å². The summed E-state index contributed by atoms with van der Waals surface area (Å²) in [5.41, 5.74) is 3.05. The Kier molecular flexibility index (Phi) is 4.61. The van der Waals surface area contributed by atoms with Gasteiger partial charge >= 0.3 is 0 Å². The summed E-state index contributed by atoms with van der Waals surface area (Å²) in [5, 5.41) is 6.04. The molecule has 5 nitrogen and oxygen atoms in total. The Balaban J connectivity index is 1.35. The number of anilines is 1. The van der Waals surface area contributed by atoms with E-state index in [1.807, 2.05) is 48.5 Å². The summed E-state index contributed by atoms with van der Waals surface area (Å²) >= 11 is 0. The highest BCUT2D eigenvalue weighted by atomic mass is 16.5. The van der Waals surface area contributed by atoms with Gasteiger partial charge in [0.25, 0.3) is 0 Å². The maximum absolute atomic E-state index is 12.4. The van der Waals surface area contributed by atoms with Gasteiger partial charge in [-0.1, -0.05) is 36.4 Å². The Morgan fingerprint density at radius 1 is 1.15 bits per heavy atom. The topological polar surface area (TPSA) is 67.4 Å². The minimum absolute atomic E-state index is 0.00733. The molecule has 4 rings (SSSR count). The number of ether oxygens (including phenoxy) is 1. The molecule has 2 amide bonds. The summed E-state index contributed by atoms with van der Waals surface area (Å²) in [4.78, 5) is 24.7. The summed E-state index contributed by atoms with van der Waals surface area (Å²) in [5.74, 6) is 0.677. The summed E-state index contributed by atoms with van der Waals surface area (Å²) in [6.45, 7) is 0.601. The Morgan fingerprint density at radius 2 is 1.96 bits per heavy atom. The number of hydrogen-bond donors (Lipinski definition) is 2. The van der Waals surface area contributed by atoms with E-state index in [0.29, 0.717) is 25.9 Å². The predicted molar refractivity (Wildman–Crippen MR) is 98.9 cm³/mol. The van der Waals surface area contributed by atoms with E-state index < -0.39 is 0 Å². The average molecular weight is 350 g/mol. The van der Waals surface area contributed by atoms with Gasteiger partial charge in [0.15, 0.2) is 0 Å². The second-order valence-electron chi connectivity index (χ2n) is 6.88. The zero-order valence-corrected chi connectivity index (χ0v) is 14.5. The highest BCUT2D eigenvalue weighted by Gasteiger charge is 2.27. The van der Waals surface area contributed by atoms with Crippen LogP contribution in [0.4, 0.5) is 5.69 Å². The van der Waals surface area contributed by atoms with E-state index in [1.54, 1.807) is 0 Å². The van der Waals surface area contributed by atoms with Gasteiger partial charge < -0.3 is 15.4 Å². The van der Waals surface area contributed by atoms with Gasteiger partial charge in [0.05, 0.1) is 12.6 Å². The highest BCUT2D eigenvalue weighted by molar-refractivity contribution is 5.96. The van der Waals surface area contributed by atoms with Crippen LogP contribution in [0, 0.1) is 5.92 Å². The van der Waals surface area contributed by atoms with Crippen LogP contribution in [0.5, 0.6) is 5.75 Å². The van der Waals surface area contributed by atoms with Crippen LogP contribution in [-0.2, 0) is 16.0 Å². The van der Waals surface area contributed by atoms with Crippen LogP contribution in [0.25, 0.3) is 0 Å². The molecule has 2 aliphatic rings. The number of nitrogens with one attached hydrogen (secondary N) is 2. The van der Waals surface area contributed by atoms with Crippen LogP contribution in [0.1, 0.15) is 36.4 Å². The third-order valence-corrected chi connectivity index (χ3v) is 5.13. The lowest BCUT2D eigenvalue weighted by molar-refractivity contribution is -0.123. The number of hydrogen-bond acceptors (Lipinski definition) is 3. The monoisotopic (exact) mass is 350 g/mol. The van der Waals surface area contributed by atoms with Gasteiger partial charge in [-0.2, -0.15) is 0 Å². The first kappa shape index (κ1) is 16.6. The van der Waals surface area contributed by atoms with Crippen LogP contribution < -0.4 is 15.4 Å². The molecule has 2 heterocycles. The first-order valence-electron chi connectivity index (χ1n) is 9.10. The second kappa shape index (κ2) is 7.20. The molecule has 26 heavy (non-hydrogen) atoms. The van der Waals surface area contributed by atoms with E-state index in [-0.39, 0.29) is 23.8 Å². The van der Waals surface area contributed by atoms with Gasteiger partial charge in [0.2, 0.25) is 11.8 Å². The lowest BCUT2D eigenvalue weighted by Gasteiger charge is -2.27. The van der Waals surface area contributed by atoms with Crippen molar-refractivity contribution in [2.24, 2.45) is 5.92 Å². The number of carbonyl (C=O) groups excluding carboxylic acids is 2. The van der Waals surface area contributed by atoms with Gasteiger partial charge in [-0.25, -0.2) is 0 Å². The third kappa shape index (κ3) is 3.43. The van der Waals surface area contributed by atoms with E-state index in [4.69, 9.17) is 4.74 Å². The largest absolute Gasteiger partial charge is 0.493 e. The molecule has 0 saturated heterocycles. The Labute approximate surface area is 152 Å². The molecule has 2 aromatic rings. The summed E-state index contributed by atoms with van der Waals surface area (Å²) in [6, 6.07) is 15.6. The molecule has 0 aliphatic carbocycles. The van der Waals surface area contributed by atoms with Crippen LogP contribution in [0.2, 0.25) is 0 Å². The smallest absolute Gasteiger partial charge is 0.227 e. The maximum atomic E-state index is 12.4. The molecule has 0 aromatic heterocycles. The SMILES string of the molecule is O=C(CC[C@H]1Cc2ccccc2NC1=O)N[C@@H]1CCOc2ccccc21. The zero-order valence-electron chi connectivity index (χ0n) is 14.5. The molecule has 0 fully saturated rings. The molecule has 0 spiro atoms. The van der Waals surface area contributed by atoms with Gasteiger partial charge in [-0.05, 0) is 30.5 Å². The Bertz CT molecular complexity index is 834. The van der Waals surface area contributed by atoms with Crippen LogP contribution in [0.3, 0.4) is 0 Å². The first-order chi connectivity index (χ1) is 12.7. The van der Waals surface area contributed by atoms with Crippen LogP contribution in [0.15, 0.2) is 48.5 Å². The molecular weight excluding hydrogens is 328 g/mol. The van der Waals surface area contributed by atoms with Crippen molar-refractivity contribution in [3.63, 3.8) is 0 Å². The number of amides is 2. The van der Waals surface area contributed by atoms with Crippen molar-refractivity contribution in [3.8, 4) is 5.75 Å². The number of carbonyl (C=O) groups is 2. The Hall–Kier alpha value is -2.82. The van der Waals surface area contributed by atoms with E-state index in [9.17, 15) is 9.59 Å². The van der Waals surface area contributed by atoms with Crippen molar-refractivity contribution in [2.75, 3.05) is 11.9 Å². The number of rotatable bonds is 4. The lowest BCUT2D eigenvalue weighted by atomic mass is 9.89. The standard InChI is InChI=1S/C21H22N2O3/c24-20(22-18-11-12-26-19-8-4-2-6-16(18)19)10-9-15-13-14-5-1-3-7-17(14)23-21(15)25/h1-8,15,18H,9-13H2,(H,22,24)(H,23,25)/t15-,18+/m0/s1. The molecule has 2 aromatic carbocycles. The minimum Gasteiger partial charge on any atom is -0.493 e. The van der Waals surface area contributed by atoms with E-state index in [0.717, 1.165) is 29.0 Å². The van der Waals surface area contributed by atoms with E-state index in [1.165, 1.54) is 0 Å². The van der Waals surface area contributed by atoms with Crippen LogP contribution >= 0.6 is 0 Å². The molecular formula is C21H22N2O3. The Morgan fingerprint density at radius 3 is 2.88 bits per heavy atom. The van der Waals surface area contributed by atoms with Gasteiger partial charge in [0, 0.05) is 30.0 Å². The number of fused-ring (bicyclic) bond motifs is 2. The summed E-state index contributed by atoms with van der Waals surface area (Å²) in [7, 11) is 0. The predicted octanol–water partition coefficient (Wildman–Crippen LogP) is 3.22. The second-order valence-corrected chi connectivity index (χ2v) is 6.88. The number of para-hydroxylation sites is 2. The first-order valence-corrected chi connectivity index (χ1v) is 9.10. The number of benzene rings is 2. The van der Waals surface area contributed by atoms with Crippen molar-refractivity contribution in [3.05, 3.63) is 59.7 Å². The molecule has 0 unspecified atom stereocenters.